The molecule has 2 aliphatic rings. The average molecular weight is 601 g/mol. The second-order valence-electron chi connectivity index (χ2n) is 11.3. The maximum Gasteiger partial charge on any atom is 0.254 e. The number of aromatic nitrogens is 3. The molecule has 2 aromatic heterocycles. The highest BCUT2D eigenvalue weighted by atomic mass is 19.1. The van der Waals surface area contributed by atoms with Crippen molar-refractivity contribution in [1.82, 2.24) is 35.2 Å². The lowest BCUT2D eigenvalue weighted by atomic mass is 9.95. The zero-order valence-electron chi connectivity index (χ0n) is 24.9. The van der Waals surface area contributed by atoms with Crippen molar-refractivity contribution in [1.29, 1.82) is 0 Å². The summed E-state index contributed by atoms with van der Waals surface area (Å²) in [5.74, 6) is 0.216. The Morgan fingerprint density at radius 1 is 1.11 bits per heavy atom. The summed E-state index contributed by atoms with van der Waals surface area (Å²) in [5, 5.41) is 13.1. The van der Waals surface area contributed by atoms with E-state index in [4.69, 9.17) is 4.74 Å². The number of ether oxygens (including phenoxy) is 1. The number of aryl methyl sites for hydroxylation is 1. The molecule has 6 rings (SSSR count). The molecule has 0 bridgehead atoms. The van der Waals surface area contributed by atoms with Gasteiger partial charge >= 0.3 is 0 Å². The molecule has 0 saturated carbocycles. The van der Waals surface area contributed by atoms with Gasteiger partial charge in [0.2, 0.25) is 5.91 Å². The first-order valence-corrected chi connectivity index (χ1v) is 15.0. The Labute approximate surface area is 255 Å². The molecule has 2 aliphatic heterocycles. The summed E-state index contributed by atoms with van der Waals surface area (Å²) in [6.07, 6.45) is 6.40. The van der Waals surface area contributed by atoms with E-state index in [9.17, 15) is 14.0 Å². The van der Waals surface area contributed by atoms with Gasteiger partial charge in [-0.1, -0.05) is 0 Å². The number of nitrogens with one attached hydrogen (secondary N) is 4. The Kier molecular flexibility index (Phi) is 8.71. The number of carbonyl (C=O) groups excluding carboxylic acids is 2. The van der Waals surface area contributed by atoms with Gasteiger partial charge in [-0.3, -0.25) is 14.0 Å². The summed E-state index contributed by atoms with van der Waals surface area (Å²) in [7, 11) is 1.43. The Bertz CT molecular complexity index is 1660. The highest BCUT2D eigenvalue weighted by Crippen LogP contribution is 2.29. The molecule has 230 valence electrons. The topological polar surface area (TPSA) is 125 Å². The number of imidazole rings is 1. The van der Waals surface area contributed by atoms with Crippen LogP contribution in [-0.4, -0.2) is 83.5 Å². The SMILES string of the molecule is COc1ccc(-c2cnc3c(Nc4ccc(C(=O)N5CCC(C(=O)NCC6CNCCN6)CC5)c(C)c4)nccn23)cc1F. The number of anilines is 2. The predicted octanol–water partition coefficient (Wildman–Crippen LogP) is 3.13. The quantitative estimate of drug-likeness (QED) is 0.243. The average Bonchev–Trinajstić information content (AvgIpc) is 3.49. The molecule has 12 heteroatoms. The van der Waals surface area contributed by atoms with Gasteiger partial charge in [0.15, 0.2) is 23.0 Å². The normalized spacial score (nSPS) is 17.4. The van der Waals surface area contributed by atoms with Crippen LogP contribution in [-0.2, 0) is 4.79 Å². The number of likely N-dealkylation sites (tertiary alicyclic amines) is 1. The lowest BCUT2D eigenvalue weighted by molar-refractivity contribution is -0.126. The van der Waals surface area contributed by atoms with E-state index >= 15 is 0 Å². The van der Waals surface area contributed by atoms with Crippen molar-refractivity contribution in [2.24, 2.45) is 5.92 Å². The third kappa shape index (κ3) is 6.22. The summed E-state index contributed by atoms with van der Waals surface area (Å²) in [6, 6.07) is 10.6. The van der Waals surface area contributed by atoms with Crippen molar-refractivity contribution in [3.63, 3.8) is 0 Å². The van der Waals surface area contributed by atoms with E-state index in [-0.39, 0.29) is 29.5 Å². The highest BCUT2D eigenvalue weighted by molar-refractivity contribution is 5.96. The van der Waals surface area contributed by atoms with Crippen LogP contribution in [0.3, 0.4) is 0 Å². The van der Waals surface area contributed by atoms with Gasteiger partial charge in [0.1, 0.15) is 0 Å². The lowest BCUT2D eigenvalue weighted by Gasteiger charge is -2.32. The molecule has 2 amide bonds. The molecule has 4 heterocycles. The highest BCUT2D eigenvalue weighted by Gasteiger charge is 2.29. The first kappa shape index (κ1) is 29.5. The zero-order valence-corrected chi connectivity index (χ0v) is 24.9. The molecule has 11 nitrogen and oxygen atoms in total. The molecule has 1 atom stereocenters. The second-order valence-corrected chi connectivity index (χ2v) is 11.3. The van der Waals surface area contributed by atoms with E-state index in [2.05, 4.69) is 31.2 Å². The third-order valence-electron chi connectivity index (χ3n) is 8.40. The van der Waals surface area contributed by atoms with Crippen LogP contribution in [0.25, 0.3) is 16.9 Å². The van der Waals surface area contributed by atoms with Gasteiger partial charge in [0.25, 0.3) is 5.91 Å². The fraction of sp³-hybridized carbons (Fsp3) is 0.375. The molecule has 1 unspecified atom stereocenters. The van der Waals surface area contributed by atoms with Gasteiger partial charge in [-0.05, 0) is 61.7 Å². The zero-order chi connectivity index (χ0) is 30.6. The van der Waals surface area contributed by atoms with Gasteiger partial charge in [-0.15, -0.1) is 0 Å². The summed E-state index contributed by atoms with van der Waals surface area (Å²) in [5.41, 5.74) is 4.17. The standard InChI is InChI=1S/C32H37FN8O3/c1-20-15-23(39-29-30-37-19-27(41(30)14-11-36-29)22-3-6-28(44-2)26(33)16-22)4-5-25(20)32(43)40-12-7-21(8-13-40)31(42)38-18-24-17-34-9-10-35-24/h3-6,11,14-16,19,21,24,34-35H,7-10,12-13,17-18H2,1-2H3,(H,36,39)(H,38,42). The third-order valence-corrected chi connectivity index (χ3v) is 8.40. The molecule has 4 aromatic rings. The minimum Gasteiger partial charge on any atom is -0.494 e. The number of hydrogen-bond acceptors (Lipinski definition) is 8. The fourth-order valence-corrected chi connectivity index (χ4v) is 5.91. The number of methoxy groups -OCH3 is 1. The Hall–Kier alpha value is -4.55. The van der Waals surface area contributed by atoms with Crippen LogP contribution in [0, 0.1) is 18.7 Å². The van der Waals surface area contributed by atoms with E-state index in [0.29, 0.717) is 60.8 Å². The minimum atomic E-state index is -0.451. The van der Waals surface area contributed by atoms with Gasteiger partial charge in [0.05, 0.1) is 19.0 Å². The smallest absolute Gasteiger partial charge is 0.254 e. The van der Waals surface area contributed by atoms with Crippen molar-refractivity contribution in [3.8, 4) is 17.0 Å². The van der Waals surface area contributed by atoms with Crippen LogP contribution in [0.4, 0.5) is 15.9 Å². The molecule has 44 heavy (non-hydrogen) atoms. The first-order valence-electron chi connectivity index (χ1n) is 15.0. The van der Waals surface area contributed by atoms with Crippen LogP contribution in [0.1, 0.15) is 28.8 Å². The molecule has 2 fully saturated rings. The predicted molar refractivity (Wildman–Crippen MR) is 166 cm³/mol. The Morgan fingerprint density at radius 3 is 2.68 bits per heavy atom. The van der Waals surface area contributed by atoms with E-state index in [1.54, 1.807) is 30.7 Å². The molecule has 0 aliphatic carbocycles. The summed E-state index contributed by atoms with van der Waals surface area (Å²) >= 11 is 0. The molecule has 0 spiro atoms. The molecule has 2 aromatic carbocycles. The molecular formula is C32H37FN8O3. The van der Waals surface area contributed by atoms with Crippen molar-refractivity contribution >= 4 is 29.0 Å². The van der Waals surface area contributed by atoms with E-state index in [1.165, 1.54) is 13.2 Å². The van der Waals surface area contributed by atoms with Crippen molar-refractivity contribution in [2.45, 2.75) is 25.8 Å². The Morgan fingerprint density at radius 2 is 1.95 bits per heavy atom. The van der Waals surface area contributed by atoms with E-state index < -0.39 is 5.82 Å². The number of halogens is 1. The number of piperazine rings is 1. The Balaban J connectivity index is 1.08. The monoisotopic (exact) mass is 600 g/mol. The van der Waals surface area contributed by atoms with Gasteiger partial charge in [-0.25, -0.2) is 14.4 Å². The number of rotatable bonds is 8. The number of benzene rings is 2. The molecular weight excluding hydrogens is 563 g/mol. The van der Waals surface area contributed by atoms with Crippen molar-refractivity contribution in [2.75, 3.05) is 51.7 Å². The maximum atomic E-state index is 14.4. The number of carbonyl (C=O) groups is 2. The van der Waals surface area contributed by atoms with Crippen LogP contribution in [0.15, 0.2) is 55.0 Å². The van der Waals surface area contributed by atoms with Crippen LogP contribution >= 0.6 is 0 Å². The fourth-order valence-electron chi connectivity index (χ4n) is 5.91. The van der Waals surface area contributed by atoms with Crippen molar-refractivity contribution in [3.05, 3.63) is 71.9 Å². The molecule has 0 radical (unpaired) electrons. The summed E-state index contributed by atoms with van der Waals surface area (Å²) in [4.78, 5) is 37.0. The number of fused-ring (bicyclic) bond motifs is 1. The number of amides is 2. The van der Waals surface area contributed by atoms with Crippen molar-refractivity contribution < 1.29 is 18.7 Å². The van der Waals surface area contributed by atoms with E-state index in [1.807, 2.05) is 34.4 Å². The second kappa shape index (κ2) is 13.0. The number of nitrogens with zero attached hydrogens (tertiary/aromatic N) is 4. The van der Waals surface area contributed by atoms with Gasteiger partial charge in [-0.2, -0.15) is 0 Å². The van der Waals surface area contributed by atoms with Gasteiger partial charge in [0, 0.05) is 80.4 Å². The molecule has 2 saturated heterocycles. The first-order chi connectivity index (χ1) is 21.4. The summed E-state index contributed by atoms with van der Waals surface area (Å²) in [6.45, 7) is 6.32. The van der Waals surface area contributed by atoms with Crippen LogP contribution in [0.2, 0.25) is 0 Å². The molecule has 4 N–H and O–H groups in total. The number of hydrogen-bond donors (Lipinski definition) is 4. The maximum absolute atomic E-state index is 14.4. The summed E-state index contributed by atoms with van der Waals surface area (Å²) < 4.78 is 21.2. The largest absolute Gasteiger partial charge is 0.494 e. The van der Waals surface area contributed by atoms with Gasteiger partial charge < -0.3 is 30.9 Å². The minimum absolute atomic E-state index is 0.0322. The lowest BCUT2D eigenvalue weighted by Crippen LogP contribution is -2.54. The van der Waals surface area contributed by atoms with Crippen LogP contribution in [0.5, 0.6) is 5.75 Å². The van der Waals surface area contributed by atoms with Crippen LogP contribution < -0.4 is 26.0 Å². The van der Waals surface area contributed by atoms with E-state index in [0.717, 1.165) is 30.9 Å². The number of piperidine rings is 1.